The molecule has 0 spiro atoms. The average Bonchev–Trinajstić information content (AvgIpc) is 2.81. The summed E-state index contributed by atoms with van der Waals surface area (Å²) in [5.41, 5.74) is 0.842. The largest absolute Gasteiger partial charge is 0.485 e. The van der Waals surface area contributed by atoms with Crippen molar-refractivity contribution in [3.05, 3.63) is 47.6 Å². The molecule has 1 aromatic carbocycles. The fourth-order valence-corrected chi connectivity index (χ4v) is 1.57. The number of nitrogens with zero attached hydrogens (tertiary/aromatic N) is 1. The number of rotatable bonds is 5. The van der Waals surface area contributed by atoms with Crippen LogP contribution in [-0.2, 0) is 13.2 Å². The van der Waals surface area contributed by atoms with Gasteiger partial charge in [-0.15, -0.1) is 0 Å². The van der Waals surface area contributed by atoms with Gasteiger partial charge in [0.2, 0.25) is 0 Å². The Balaban J connectivity index is 1.87. The quantitative estimate of drug-likeness (QED) is 0.911. The molecule has 4 nitrogen and oxygen atoms in total. The Morgan fingerprint density at radius 2 is 2.10 bits per heavy atom. The molecule has 0 saturated heterocycles. The number of aromatic nitrogens is 1. The molecule has 0 saturated carbocycles. The van der Waals surface area contributed by atoms with Crippen LogP contribution in [0.1, 0.15) is 32.2 Å². The first-order valence-electron chi connectivity index (χ1n) is 6.50. The highest BCUT2D eigenvalue weighted by Crippen LogP contribution is 2.14. The van der Waals surface area contributed by atoms with Gasteiger partial charge in [-0.05, 0) is 32.9 Å². The minimum Gasteiger partial charge on any atom is -0.485 e. The summed E-state index contributed by atoms with van der Waals surface area (Å²) < 4.78 is 23.6. The monoisotopic (exact) mass is 278 g/mol. The molecule has 1 aromatic heterocycles. The van der Waals surface area contributed by atoms with Gasteiger partial charge in [0.05, 0.1) is 5.69 Å². The SMILES string of the molecule is CC(C)(C)NCc1cc(COc2cccc(F)c2)on1. The van der Waals surface area contributed by atoms with Crippen molar-refractivity contribution in [2.24, 2.45) is 0 Å². The predicted molar refractivity (Wildman–Crippen MR) is 73.8 cm³/mol. The molecule has 0 fully saturated rings. The Kier molecular flexibility index (Phi) is 4.39. The number of nitrogens with one attached hydrogen (secondary N) is 1. The van der Waals surface area contributed by atoms with Crippen LogP contribution >= 0.6 is 0 Å². The number of hydrogen-bond donors (Lipinski definition) is 1. The molecular formula is C15H19FN2O2. The van der Waals surface area contributed by atoms with Crippen LogP contribution in [-0.4, -0.2) is 10.7 Å². The summed E-state index contributed by atoms with van der Waals surface area (Å²) >= 11 is 0. The first-order chi connectivity index (χ1) is 9.42. The maximum Gasteiger partial charge on any atom is 0.174 e. The van der Waals surface area contributed by atoms with Crippen LogP contribution in [0.4, 0.5) is 4.39 Å². The minimum atomic E-state index is -0.324. The molecule has 1 N–H and O–H groups in total. The van der Waals surface area contributed by atoms with E-state index in [1.165, 1.54) is 12.1 Å². The highest BCUT2D eigenvalue weighted by molar-refractivity contribution is 5.22. The van der Waals surface area contributed by atoms with E-state index in [4.69, 9.17) is 9.26 Å². The van der Waals surface area contributed by atoms with E-state index in [2.05, 4.69) is 31.2 Å². The van der Waals surface area contributed by atoms with E-state index < -0.39 is 0 Å². The maximum absolute atomic E-state index is 13.0. The molecule has 0 aliphatic rings. The smallest absolute Gasteiger partial charge is 0.174 e. The molecular weight excluding hydrogens is 259 g/mol. The lowest BCUT2D eigenvalue weighted by molar-refractivity contribution is 0.247. The standard InChI is InChI=1S/C15H19FN2O2/c1-15(2,3)17-9-12-8-14(20-18-12)10-19-13-6-4-5-11(16)7-13/h4-8,17H,9-10H2,1-3H3. The van der Waals surface area contributed by atoms with E-state index in [0.717, 1.165) is 5.69 Å². The third-order valence-electron chi connectivity index (χ3n) is 2.58. The van der Waals surface area contributed by atoms with Crippen LogP contribution in [0.3, 0.4) is 0 Å². The zero-order valence-corrected chi connectivity index (χ0v) is 11.9. The minimum absolute atomic E-state index is 0.0250. The Hall–Kier alpha value is -1.88. The third kappa shape index (κ3) is 4.66. The highest BCUT2D eigenvalue weighted by atomic mass is 19.1. The van der Waals surface area contributed by atoms with Crippen molar-refractivity contribution < 1.29 is 13.7 Å². The molecule has 0 aliphatic carbocycles. The summed E-state index contributed by atoms with van der Waals surface area (Å²) in [6.45, 7) is 7.11. The van der Waals surface area contributed by atoms with E-state index in [1.807, 2.05) is 6.07 Å². The molecule has 2 rings (SSSR count). The molecule has 5 heteroatoms. The number of benzene rings is 1. The van der Waals surface area contributed by atoms with Crippen LogP contribution in [0, 0.1) is 5.82 Å². The zero-order chi connectivity index (χ0) is 14.6. The second-order valence-corrected chi connectivity index (χ2v) is 5.63. The van der Waals surface area contributed by atoms with Gasteiger partial charge in [0, 0.05) is 24.2 Å². The van der Waals surface area contributed by atoms with E-state index in [0.29, 0.717) is 18.1 Å². The summed E-state index contributed by atoms with van der Waals surface area (Å²) in [6.07, 6.45) is 0. The van der Waals surface area contributed by atoms with Crippen LogP contribution in [0.25, 0.3) is 0 Å². The molecule has 0 atom stereocenters. The van der Waals surface area contributed by atoms with Crippen molar-refractivity contribution in [3.63, 3.8) is 0 Å². The third-order valence-corrected chi connectivity index (χ3v) is 2.58. The number of hydrogen-bond acceptors (Lipinski definition) is 4. The van der Waals surface area contributed by atoms with Gasteiger partial charge in [0.25, 0.3) is 0 Å². The van der Waals surface area contributed by atoms with Crippen molar-refractivity contribution in [3.8, 4) is 5.75 Å². The zero-order valence-electron chi connectivity index (χ0n) is 11.9. The first kappa shape index (κ1) is 14.5. The molecule has 0 unspecified atom stereocenters. The summed E-state index contributed by atoms with van der Waals surface area (Å²) in [6, 6.07) is 7.83. The van der Waals surface area contributed by atoms with Crippen molar-refractivity contribution in [1.29, 1.82) is 0 Å². The summed E-state index contributed by atoms with van der Waals surface area (Å²) in [5.74, 6) is 0.755. The molecule has 1 heterocycles. The van der Waals surface area contributed by atoms with Crippen molar-refractivity contribution in [2.45, 2.75) is 39.5 Å². The van der Waals surface area contributed by atoms with Crippen LogP contribution in [0.15, 0.2) is 34.9 Å². The van der Waals surface area contributed by atoms with E-state index in [-0.39, 0.29) is 18.0 Å². The second-order valence-electron chi connectivity index (χ2n) is 5.63. The molecule has 2 aromatic rings. The molecule has 0 aliphatic heterocycles. The van der Waals surface area contributed by atoms with E-state index >= 15 is 0 Å². The Bertz CT molecular complexity index is 561. The molecule has 0 amide bonds. The topological polar surface area (TPSA) is 47.3 Å². The highest BCUT2D eigenvalue weighted by Gasteiger charge is 2.11. The van der Waals surface area contributed by atoms with Gasteiger partial charge < -0.3 is 14.6 Å². The second kappa shape index (κ2) is 6.05. The summed E-state index contributed by atoms with van der Waals surface area (Å²) in [5, 5.41) is 7.28. The van der Waals surface area contributed by atoms with Gasteiger partial charge in [-0.1, -0.05) is 11.2 Å². The molecule has 108 valence electrons. The van der Waals surface area contributed by atoms with Gasteiger partial charge in [-0.3, -0.25) is 0 Å². The Labute approximate surface area is 117 Å². The summed E-state index contributed by atoms with van der Waals surface area (Å²) in [7, 11) is 0. The van der Waals surface area contributed by atoms with E-state index in [1.54, 1.807) is 12.1 Å². The lowest BCUT2D eigenvalue weighted by atomic mass is 10.1. The average molecular weight is 278 g/mol. The fraction of sp³-hybridized carbons (Fsp3) is 0.400. The van der Waals surface area contributed by atoms with Gasteiger partial charge in [-0.25, -0.2) is 4.39 Å². The van der Waals surface area contributed by atoms with Crippen LogP contribution in [0.2, 0.25) is 0 Å². The van der Waals surface area contributed by atoms with Gasteiger partial charge in [-0.2, -0.15) is 0 Å². The maximum atomic E-state index is 13.0. The van der Waals surface area contributed by atoms with Gasteiger partial charge in [0.1, 0.15) is 18.2 Å². The van der Waals surface area contributed by atoms with Gasteiger partial charge in [0.15, 0.2) is 5.76 Å². The lowest BCUT2D eigenvalue weighted by Crippen LogP contribution is -2.35. The number of ether oxygens (including phenoxy) is 1. The summed E-state index contributed by atoms with van der Waals surface area (Å²) in [4.78, 5) is 0. The van der Waals surface area contributed by atoms with Crippen molar-refractivity contribution in [1.82, 2.24) is 10.5 Å². The van der Waals surface area contributed by atoms with Crippen molar-refractivity contribution in [2.75, 3.05) is 0 Å². The molecule has 20 heavy (non-hydrogen) atoms. The molecule has 0 radical (unpaired) electrons. The predicted octanol–water partition coefficient (Wildman–Crippen LogP) is 3.28. The van der Waals surface area contributed by atoms with Crippen LogP contribution < -0.4 is 10.1 Å². The van der Waals surface area contributed by atoms with Crippen molar-refractivity contribution >= 4 is 0 Å². The van der Waals surface area contributed by atoms with Crippen LogP contribution in [0.5, 0.6) is 5.75 Å². The Morgan fingerprint density at radius 1 is 1.30 bits per heavy atom. The Morgan fingerprint density at radius 3 is 2.80 bits per heavy atom. The van der Waals surface area contributed by atoms with Gasteiger partial charge >= 0.3 is 0 Å². The normalized spacial score (nSPS) is 11.6. The fourth-order valence-electron chi connectivity index (χ4n) is 1.57. The lowest BCUT2D eigenvalue weighted by Gasteiger charge is -2.19. The molecule has 0 bridgehead atoms. The van der Waals surface area contributed by atoms with E-state index in [9.17, 15) is 4.39 Å². The first-order valence-corrected chi connectivity index (χ1v) is 6.50. The number of halogens is 1.